The molecule has 2 atom stereocenters. The van der Waals surface area contributed by atoms with Crippen molar-refractivity contribution in [3.8, 4) is 0 Å². The van der Waals surface area contributed by atoms with Crippen molar-refractivity contribution in [2.45, 2.75) is 38.3 Å². The van der Waals surface area contributed by atoms with Gasteiger partial charge in [0.25, 0.3) is 0 Å². The van der Waals surface area contributed by atoms with Crippen LogP contribution in [0.15, 0.2) is 57.9 Å². The van der Waals surface area contributed by atoms with Gasteiger partial charge in [0.05, 0.1) is 36.2 Å². The van der Waals surface area contributed by atoms with Crippen LogP contribution in [0.3, 0.4) is 0 Å². The number of benzene rings is 2. The number of nitrogens with zero attached hydrogens (tertiary/aromatic N) is 4. The first-order valence-electron chi connectivity index (χ1n) is 15.3. The molecule has 0 aliphatic carbocycles. The summed E-state index contributed by atoms with van der Waals surface area (Å²) in [5.41, 5.74) is 9.12. The van der Waals surface area contributed by atoms with Crippen molar-refractivity contribution in [1.29, 1.82) is 0 Å². The van der Waals surface area contributed by atoms with E-state index in [-0.39, 0.29) is 50.6 Å². The number of rotatable bonds is 6. The number of alkyl halides is 6. The summed E-state index contributed by atoms with van der Waals surface area (Å²) in [5, 5.41) is 7.28. The molecule has 0 bridgehead atoms. The second-order valence-corrected chi connectivity index (χ2v) is 11.5. The third-order valence-corrected chi connectivity index (χ3v) is 7.58. The van der Waals surface area contributed by atoms with Gasteiger partial charge in [-0.15, -0.1) is 0 Å². The van der Waals surface area contributed by atoms with E-state index in [9.17, 15) is 53.5 Å². The van der Waals surface area contributed by atoms with Crippen LogP contribution in [0, 0.1) is 37.1 Å². The van der Waals surface area contributed by atoms with Gasteiger partial charge in [-0.3, -0.25) is 0 Å². The van der Waals surface area contributed by atoms with Crippen molar-refractivity contribution >= 4 is 57.3 Å². The third kappa shape index (κ3) is 9.85. The minimum absolute atomic E-state index is 0. The number of halogens is 10. The van der Waals surface area contributed by atoms with Gasteiger partial charge in [0.2, 0.25) is 11.9 Å². The van der Waals surface area contributed by atoms with Crippen molar-refractivity contribution < 1.29 is 67.8 Å². The van der Waals surface area contributed by atoms with Gasteiger partial charge in [-0.2, -0.15) is 26.3 Å². The van der Waals surface area contributed by atoms with Gasteiger partial charge in [0.1, 0.15) is 23.2 Å². The molecule has 0 aliphatic rings. The minimum Gasteiger partial charge on any atom is -0.455 e. The van der Waals surface area contributed by atoms with Gasteiger partial charge in [-0.05, 0) is 26.0 Å². The Morgan fingerprint density at radius 2 is 0.930 bits per heavy atom. The quantitative estimate of drug-likeness (QED) is 0.0959. The molecule has 2 aromatic carbocycles. The largest absolute Gasteiger partial charge is 0.455 e. The van der Waals surface area contributed by atoms with Crippen LogP contribution in [0.4, 0.5) is 76.8 Å². The lowest BCUT2D eigenvalue weighted by atomic mass is 10.1. The number of nitrogens with two attached hydrogens (primary N) is 2. The maximum Gasteiger partial charge on any atom is 0.416 e. The SMILES string of the molecule is Cc1c([C@@H](NC(=O)Nc2cnc(N)nc2)C(F)(F)F)oc2c(F)cc(F)cc12.Cc1c([C@@H](NC(=O)Nc2cnc(N)nc2)C(F)(F)F)oc2c(F)cc(F)cc12.O. The van der Waals surface area contributed by atoms with Crippen molar-refractivity contribution in [2.75, 3.05) is 22.1 Å². The van der Waals surface area contributed by atoms with Gasteiger partial charge in [-0.1, -0.05) is 0 Å². The van der Waals surface area contributed by atoms with Crippen LogP contribution in [-0.2, 0) is 0 Å². The average molecular weight is 821 g/mol. The van der Waals surface area contributed by atoms with E-state index in [0.29, 0.717) is 12.1 Å². The summed E-state index contributed by atoms with van der Waals surface area (Å²) < 4.78 is 146. The van der Waals surface area contributed by atoms with E-state index >= 15 is 0 Å². The number of anilines is 4. The van der Waals surface area contributed by atoms with E-state index in [4.69, 9.17) is 20.3 Å². The first kappa shape index (κ1) is 42.8. The highest BCUT2D eigenvalue weighted by molar-refractivity contribution is 5.90. The molecule has 304 valence electrons. The number of nitrogen functional groups attached to an aromatic ring is 2. The van der Waals surface area contributed by atoms with Gasteiger partial charge in [-0.25, -0.2) is 47.1 Å². The smallest absolute Gasteiger partial charge is 0.416 e. The summed E-state index contributed by atoms with van der Waals surface area (Å²) in [4.78, 5) is 38.3. The zero-order valence-electron chi connectivity index (χ0n) is 28.6. The predicted octanol–water partition coefficient (Wildman–Crippen LogP) is 6.81. The molecule has 0 unspecified atom stereocenters. The molecule has 6 rings (SSSR count). The number of amides is 4. The van der Waals surface area contributed by atoms with Crippen molar-refractivity contribution in [2.24, 2.45) is 0 Å². The monoisotopic (exact) mass is 820 g/mol. The molecule has 0 fully saturated rings. The number of aryl methyl sites for hydroxylation is 2. The zero-order valence-corrected chi connectivity index (χ0v) is 28.6. The highest BCUT2D eigenvalue weighted by Gasteiger charge is 2.46. The lowest BCUT2D eigenvalue weighted by molar-refractivity contribution is -0.159. The van der Waals surface area contributed by atoms with Crippen molar-refractivity contribution in [3.63, 3.8) is 0 Å². The van der Waals surface area contributed by atoms with Crippen LogP contribution in [0.5, 0.6) is 0 Å². The fraction of sp³-hybridized carbons (Fsp3) is 0.188. The zero-order chi connectivity index (χ0) is 41.3. The topological polar surface area (TPSA) is 244 Å². The van der Waals surface area contributed by atoms with Crippen LogP contribution in [0.1, 0.15) is 34.7 Å². The van der Waals surface area contributed by atoms with Crippen LogP contribution in [0.2, 0.25) is 0 Å². The molecule has 4 heterocycles. The highest BCUT2D eigenvalue weighted by atomic mass is 19.4. The lowest BCUT2D eigenvalue weighted by Gasteiger charge is -2.20. The van der Waals surface area contributed by atoms with Gasteiger partial charge in [0.15, 0.2) is 34.9 Å². The molecule has 4 amide bonds. The fourth-order valence-electron chi connectivity index (χ4n) is 5.07. The van der Waals surface area contributed by atoms with E-state index < -0.39 is 82.5 Å². The van der Waals surface area contributed by atoms with Gasteiger partial charge >= 0.3 is 24.4 Å². The molecule has 15 nitrogen and oxygen atoms in total. The maximum atomic E-state index is 13.8. The van der Waals surface area contributed by atoms with Crippen molar-refractivity contribution in [1.82, 2.24) is 30.6 Å². The Kier molecular flexibility index (Phi) is 12.3. The number of hydrogen-bond acceptors (Lipinski definition) is 10. The first-order valence-corrected chi connectivity index (χ1v) is 15.3. The maximum absolute atomic E-state index is 13.8. The Morgan fingerprint density at radius 1 is 0.614 bits per heavy atom. The molecule has 10 N–H and O–H groups in total. The normalized spacial score (nSPS) is 12.6. The number of aromatic nitrogens is 4. The third-order valence-electron chi connectivity index (χ3n) is 7.58. The Morgan fingerprint density at radius 3 is 1.23 bits per heavy atom. The summed E-state index contributed by atoms with van der Waals surface area (Å²) in [7, 11) is 0. The van der Waals surface area contributed by atoms with Crippen LogP contribution >= 0.6 is 0 Å². The Bertz CT molecular complexity index is 2240. The number of hydrogen-bond donors (Lipinski definition) is 6. The van der Waals surface area contributed by atoms with Crippen LogP contribution in [-0.4, -0.2) is 49.8 Å². The summed E-state index contributed by atoms with van der Waals surface area (Å²) in [5.74, 6) is -5.98. The second-order valence-electron chi connectivity index (χ2n) is 11.5. The number of carbonyl (C=O) groups excluding carboxylic acids is 2. The molecular formula is C32H26F10N10O5. The van der Waals surface area contributed by atoms with Gasteiger partial charge in [0, 0.05) is 34.0 Å². The molecule has 0 radical (unpaired) electrons. The molecular weight excluding hydrogens is 794 g/mol. The number of urea groups is 2. The van der Waals surface area contributed by atoms with E-state index in [1.807, 2.05) is 0 Å². The second kappa shape index (κ2) is 16.4. The molecule has 0 spiro atoms. The fourth-order valence-corrected chi connectivity index (χ4v) is 5.07. The van der Waals surface area contributed by atoms with E-state index in [1.54, 1.807) is 10.6 Å². The summed E-state index contributed by atoms with van der Waals surface area (Å²) in [6.07, 6.45) is -5.60. The van der Waals surface area contributed by atoms with Gasteiger partial charge < -0.3 is 47.0 Å². The summed E-state index contributed by atoms with van der Waals surface area (Å²) in [6.45, 7) is 2.40. The first-order chi connectivity index (χ1) is 26.1. The molecule has 4 aromatic heterocycles. The van der Waals surface area contributed by atoms with Crippen LogP contribution < -0.4 is 32.7 Å². The highest BCUT2D eigenvalue weighted by Crippen LogP contribution is 2.41. The number of furan rings is 2. The molecule has 0 saturated heterocycles. The Hall–Kier alpha value is -6.92. The molecule has 0 aliphatic heterocycles. The number of carbonyl (C=O) groups is 2. The Labute approximate surface area is 311 Å². The lowest BCUT2D eigenvalue weighted by Crippen LogP contribution is -2.40. The Balaban J connectivity index is 0.000000248. The van der Waals surface area contributed by atoms with Crippen molar-refractivity contribution in [3.05, 3.63) is 95.0 Å². The van der Waals surface area contributed by atoms with E-state index in [0.717, 1.165) is 36.9 Å². The average Bonchev–Trinajstić information content (AvgIpc) is 3.60. The molecule has 0 saturated carbocycles. The molecule has 25 heteroatoms. The van der Waals surface area contributed by atoms with E-state index in [2.05, 4.69) is 30.6 Å². The number of nitrogens with one attached hydrogen (secondary N) is 4. The summed E-state index contributed by atoms with van der Waals surface area (Å²) in [6, 6.07) is -5.06. The summed E-state index contributed by atoms with van der Waals surface area (Å²) >= 11 is 0. The minimum atomic E-state index is -4.98. The number of fused-ring (bicyclic) bond motifs is 2. The molecule has 57 heavy (non-hydrogen) atoms. The van der Waals surface area contributed by atoms with Crippen LogP contribution in [0.25, 0.3) is 21.9 Å². The molecule has 6 aromatic rings. The predicted molar refractivity (Wildman–Crippen MR) is 180 cm³/mol. The van der Waals surface area contributed by atoms with E-state index in [1.165, 1.54) is 13.8 Å². The standard InChI is InChI=1S/2C16H12F5N5O2.H2O/c2*1-6-9-2-7(17)3-10(18)12(9)28-11(6)13(16(19,20)21)26-15(27)25-8-4-23-14(22)24-5-8;/h2*2-5,13H,1H3,(H2,22,23,24)(H2,25,26,27);1H2/t2*13-;/m11./s1.